The molecule has 0 fully saturated rings. The minimum atomic E-state index is 0. The summed E-state index contributed by atoms with van der Waals surface area (Å²) in [5.41, 5.74) is 11.5. The number of hydrogen-bond donors (Lipinski definition) is 0. The molecule has 1 atom stereocenters. The van der Waals surface area contributed by atoms with Crippen LogP contribution in [0.5, 0.6) is 0 Å². The van der Waals surface area contributed by atoms with Crippen molar-refractivity contribution in [2.75, 3.05) is 0 Å². The summed E-state index contributed by atoms with van der Waals surface area (Å²) in [5.74, 6) is 0.285. The number of benzene rings is 6. The first-order valence-electron chi connectivity index (χ1n) is 19.0. The van der Waals surface area contributed by atoms with Gasteiger partial charge in [0.15, 0.2) is 0 Å². The standard InChI is InChI=1S/C39H41.C12H10Si.Zr/c1-8-13-27-21-33-30(25-14-10-9-11-15-25)16-12-17-31(33)37(27)36-24-29(39(5,6)7)23-35-32-22-28(38(2,3)4)19-18-26(32)20-34(35)36;1-3-7-11(8-4-1)13-12-9-5-2-6-10-12;/h9-12,14-24,37H,8,13H2,1-7H3;1-10H;/q-1;;. The molecule has 1 aliphatic rings. The molecule has 0 bridgehead atoms. The topological polar surface area (TPSA) is 0 Å². The Morgan fingerprint density at radius 2 is 1.17 bits per heavy atom. The van der Waals surface area contributed by atoms with Gasteiger partial charge in [-0.1, -0.05) is 227 Å². The van der Waals surface area contributed by atoms with Crippen molar-refractivity contribution in [3.8, 4) is 11.1 Å². The van der Waals surface area contributed by atoms with Gasteiger partial charge in [0.2, 0.25) is 0 Å². The predicted octanol–water partition coefficient (Wildman–Crippen LogP) is 12.6. The Morgan fingerprint density at radius 3 is 1.75 bits per heavy atom. The molecule has 264 valence electrons. The molecule has 0 aliphatic heterocycles. The van der Waals surface area contributed by atoms with Crippen LogP contribution in [0.2, 0.25) is 0 Å². The van der Waals surface area contributed by atoms with Gasteiger partial charge in [-0.2, -0.15) is 0 Å². The van der Waals surface area contributed by atoms with Crippen molar-refractivity contribution in [3.05, 3.63) is 179 Å². The maximum absolute atomic E-state index is 2.53. The van der Waals surface area contributed by atoms with E-state index in [4.69, 9.17) is 0 Å². The van der Waals surface area contributed by atoms with Gasteiger partial charge in [-0.3, -0.25) is 0 Å². The summed E-state index contributed by atoms with van der Waals surface area (Å²) < 4.78 is 0. The van der Waals surface area contributed by atoms with Crippen LogP contribution >= 0.6 is 0 Å². The second kappa shape index (κ2) is 16.2. The molecule has 0 nitrogen and oxygen atoms in total. The van der Waals surface area contributed by atoms with Crippen molar-refractivity contribution in [2.45, 2.75) is 78.1 Å². The molecular weight excluding hydrogens is 732 g/mol. The van der Waals surface area contributed by atoms with E-state index in [0.717, 1.165) is 22.4 Å². The van der Waals surface area contributed by atoms with Crippen molar-refractivity contribution >= 4 is 47.5 Å². The Balaban J connectivity index is 0.000000289. The van der Waals surface area contributed by atoms with Crippen LogP contribution < -0.4 is 10.4 Å². The zero-order chi connectivity index (χ0) is 36.5. The summed E-state index contributed by atoms with van der Waals surface area (Å²) in [6.45, 7) is 16.3. The molecule has 2 radical (unpaired) electrons. The van der Waals surface area contributed by atoms with E-state index < -0.39 is 0 Å². The summed E-state index contributed by atoms with van der Waals surface area (Å²) >= 11 is 0. The van der Waals surface area contributed by atoms with Crippen LogP contribution in [0.25, 0.3) is 38.7 Å². The average Bonchev–Trinajstić information content (AvgIpc) is 3.70. The molecule has 0 spiro atoms. The Labute approximate surface area is 339 Å². The molecule has 1 unspecified atom stereocenters. The zero-order valence-corrected chi connectivity index (χ0v) is 35.9. The van der Waals surface area contributed by atoms with Gasteiger partial charge >= 0.3 is 0 Å². The third kappa shape index (κ3) is 8.41. The first-order valence-corrected chi connectivity index (χ1v) is 20.0. The molecule has 0 N–H and O–H groups in total. The third-order valence-corrected chi connectivity index (χ3v) is 11.8. The smallest absolute Gasteiger partial charge is 0.121 e. The molecule has 0 heterocycles. The van der Waals surface area contributed by atoms with Crippen LogP contribution in [0, 0.1) is 0 Å². The first-order chi connectivity index (χ1) is 25.0. The maximum atomic E-state index is 2.53. The molecule has 53 heavy (non-hydrogen) atoms. The van der Waals surface area contributed by atoms with E-state index in [1.807, 2.05) is 0 Å². The Hall–Kier alpha value is -3.97. The van der Waals surface area contributed by atoms with Crippen molar-refractivity contribution in [2.24, 2.45) is 0 Å². The van der Waals surface area contributed by atoms with Gasteiger partial charge in [0.25, 0.3) is 0 Å². The Kier molecular flexibility index (Phi) is 11.8. The molecule has 0 saturated heterocycles. The van der Waals surface area contributed by atoms with Crippen molar-refractivity contribution in [3.63, 3.8) is 0 Å². The third-order valence-electron chi connectivity index (χ3n) is 10.5. The monoisotopic (exact) mass is 781 g/mol. The van der Waals surface area contributed by atoms with E-state index >= 15 is 0 Å². The van der Waals surface area contributed by atoms with Crippen LogP contribution in [0.4, 0.5) is 0 Å². The minimum Gasteiger partial charge on any atom is -0.126 e. The first kappa shape index (κ1) is 38.7. The van der Waals surface area contributed by atoms with Crippen LogP contribution in [0.3, 0.4) is 0 Å². The maximum Gasteiger partial charge on any atom is 0.121 e. The normalized spacial score (nSPS) is 13.9. The van der Waals surface area contributed by atoms with Crippen LogP contribution in [-0.2, 0) is 37.0 Å². The fraction of sp³-hybridized carbons (Fsp3) is 0.235. The summed E-state index contributed by atoms with van der Waals surface area (Å²) in [4.78, 5) is 0. The molecule has 7 aromatic rings. The van der Waals surface area contributed by atoms with Gasteiger partial charge in [0.05, 0.1) is 0 Å². The SMILES string of the molecule is CCCC1=Cc2c(-c3ccccc3)cccc2C1c1cc(C(C)(C)C)cc2c1[cH-]c1ccc(C(C)(C)C)cc12.[Zr].c1ccc([Si]c2ccccc2)cc1. The fourth-order valence-corrected chi connectivity index (χ4v) is 8.74. The molecule has 8 rings (SSSR count). The van der Waals surface area contributed by atoms with Gasteiger partial charge in [-0.15, -0.1) is 33.7 Å². The van der Waals surface area contributed by atoms with Crippen LogP contribution in [-0.4, -0.2) is 9.52 Å². The van der Waals surface area contributed by atoms with E-state index in [2.05, 4.69) is 200 Å². The van der Waals surface area contributed by atoms with E-state index in [-0.39, 0.29) is 43.0 Å². The van der Waals surface area contributed by atoms with Gasteiger partial charge in [0, 0.05) is 32.1 Å². The predicted molar refractivity (Wildman–Crippen MR) is 229 cm³/mol. The molecule has 1 aliphatic carbocycles. The number of fused-ring (bicyclic) bond motifs is 4. The summed E-state index contributed by atoms with van der Waals surface area (Å²) in [6, 6.07) is 53.6. The van der Waals surface area contributed by atoms with Crippen LogP contribution in [0.1, 0.15) is 95.0 Å². The molecule has 7 aromatic carbocycles. The Bertz CT molecular complexity index is 2290. The van der Waals surface area contributed by atoms with E-state index in [0.29, 0.717) is 0 Å². The van der Waals surface area contributed by atoms with E-state index in [1.165, 1.54) is 70.9 Å². The van der Waals surface area contributed by atoms with Crippen LogP contribution in [0.15, 0.2) is 151 Å². The number of hydrogen-bond acceptors (Lipinski definition) is 0. The second-order valence-corrected chi connectivity index (χ2v) is 17.8. The van der Waals surface area contributed by atoms with Gasteiger partial charge in [-0.25, -0.2) is 0 Å². The summed E-state index contributed by atoms with van der Waals surface area (Å²) in [6.07, 6.45) is 4.78. The average molecular weight is 783 g/mol. The molecule has 0 saturated carbocycles. The number of allylic oxidation sites excluding steroid dienone is 1. The zero-order valence-electron chi connectivity index (χ0n) is 32.4. The number of rotatable bonds is 6. The van der Waals surface area contributed by atoms with E-state index in [1.54, 1.807) is 5.57 Å². The van der Waals surface area contributed by atoms with Crippen molar-refractivity contribution < 1.29 is 26.2 Å². The second-order valence-electron chi connectivity index (χ2n) is 16.4. The van der Waals surface area contributed by atoms with Gasteiger partial charge in [-0.05, 0) is 39.5 Å². The molecule has 2 heteroatoms. The Morgan fingerprint density at radius 1 is 0.585 bits per heavy atom. The van der Waals surface area contributed by atoms with Gasteiger partial charge < -0.3 is 0 Å². The largest absolute Gasteiger partial charge is 0.126 e. The summed E-state index contributed by atoms with van der Waals surface area (Å²) in [5, 5.41) is 8.35. The molecule has 0 amide bonds. The van der Waals surface area contributed by atoms with Gasteiger partial charge in [0.1, 0.15) is 9.52 Å². The molecule has 0 aromatic heterocycles. The molecular formula is C51H51SiZr-. The summed E-state index contributed by atoms with van der Waals surface area (Å²) in [7, 11) is 0.777. The minimum absolute atomic E-state index is 0. The quantitative estimate of drug-likeness (QED) is 0.116. The van der Waals surface area contributed by atoms with E-state index in [9.17, 15) is 0 Å². The van der Waals surface area contributed by atoms with Crippen molar-refractivity contribution in [1.82, 2.24) is 0 Å². The fourth-order valence-electron chi connectivity index (χ4n) is 7.68. The van der Waals surface area contributed by atoms with Crippen molar-refractivity contribution in [1.29, 1.82) is 0 Å².